The molecule has 0 radical (unpaired) electrons. The second-order valence-electron chi connectivity index (χ2n) is 3.97. The molecule has 2 N–H and O–H groups in total. The molecule has 0 aliphatic heterocycles. The molecule has 0 saturated heterocycles. The average molecular weight is 242 g/mol. The summed E-state index contributed by atoms with van der Waals surface area (Å²) < 4.78 is 5.20. The van der Waals surface area contributed by atoms with Crippen LogP contribution in [0.4, 0.5) is 5.69 Å². The maximum Gasteiger partial charge on any atom is 0.340 e. The lowest BCUT2D eigenvalue weighted by atomic mass is 10.1. The number of esters is 1. The third kappa shape index (κ3) is 2.66. The van der Waals surface area contributed by atoms with E-state index < -0.39 is 5.97 Å². The van der Waals surface area contributed by atoms with Gasteiger partial charge in [-0.05, 0) is 36.2 Å². The van der Waals surface area contributed by atoms with Crippen LogP contribution in [0.1, 0.15) is 21.5 Å². The molecule has 0 saturated carbocycles. The van der Waals surface area contributed by atoms with E-state index in [2.05, 4.69) is 4.98 Å². The van der Waals surface area contributed by atoms with Gasteiger partial charge < -0.3 is 10.5 Å². The number of nitrogens with zero attached hydrogens (tertiary/aromatic N) is 1. The van der Waals surface area contributed by atoms with Crippen LogP contribution in [0, 0.1) is 6.92 Å². The topological polar surface area (TPSA) is 65.2 Å². The second kappa shape index (κ2) is 5.31. The fourth-order valence-corrected chi connectivity index (χ4v) is 1.56. The fraction of sp³-hybridized carbons (Fsp3) is 0.143. The van der Waals surface area contributed by atoms with Gasteiger partial charge in [0.2, 0.25) is 0 Å². The van der Waals surface area contributed by atoms with E-state index in [9.17, 15) is 4.79 Å². The minimum atomic E-state index is -0.409. The summed E-state index contributed by atoms with van der Waals surface area (Å²) in [4.78, 5) is 15.8. The fourth-order valence-electron chi connectivity index (χ4n) is 1.56. The van der Waals surface area contributed by atoms with Crippen LogP contribution < -0.4 is 5.73 Å². The molecule has 1 heterocycles. The van der Waals surface area contributed by atoms with Crippen molar-refractivity contribution in [1.29, 1.82) is 0 Å². The Balaban J connectivity index is 2.07. The number of hydrogen-bond donors (Lipinski definition) is 1. The maximum absolute atomic E-state index is 11.9. The molecular formula is C14H14N2O2. The predicted molar refractivity (Wildman–Crippen MR) is 68.9 cm³/mol. The molecule has 0 spiro atoms. The standard InChI is InChI=1S/C14H14N2O2/c1-10-3-2-4-12(13(10)15)14(17)18-9-11-5-7-16-8-6-11/h2-8H,9,15H2,1H3. The minimum Gasteiger partial charge on any atom is -0.457 e. The molecule has 0 unspecified atom stereocenters. The molecule has 18 heavy (non-hydrogen) atoms. The zero-order valence-corrected chi connectivity index (χ0v) is 10.1. The third-order valence-electron chi connectivity index (χ3n) is 2.66. The SMILES string of the molecule is Cc1cccc(C(=O)OCc2ccncc2)c1N. The molecule has 0 aliphatic carbocycles. The van der Waals surface area contributed by atoms with Crippen LogP contribution in [0.25, 0.3) is 0 Å². The summed E-state index contributed by atoms with van der Waals surface area (Å²) in [5.41, 5.74) is 8.48. The van der Waals surface area contributed by atoms with E-state index in [0.29, 0.717) is 11.3 Å². The number of ether oxygens (including phenoxy) is 1. The highest BCUT2D eigenvalue weighted by Crippen LogP contribution is 2.17. The summed E-state index contributed by atoms with van der Waals surface area (Å²) in [6.45, 7) is 2.07. The molecule has 4 nitrogen and oxygen atoms in total. The van der Waals surface area contributed by atoms with Gasteiger partial charge in [0, 0.05) is 18.1 Å². The van der Waals surface area contributed by atoms with Crippen LogP contribution >= 0.6 is 0 Å². The Labute approximate surface area is 105 Å². The number of aryl methyl sites for hydroxylation is 1. The number of para-hydroxylation sites is 1. The van der Waals surface area contributed by atoms with Gasteiger partial charge in [0.25, 0.3) is 0 Å². The van der Waals surface area contributed by atoms with Crippen molar-refractivity contribution >= 4 is 11.7 Å². The molecule has 0 amide bonds. The number of nitrogens with two attached hydrogens (primary N) is 1. The van der Waals surface area contributed by atoms with Crippen LogP contribution in [0.2, 0.25) is 0 Å². The number of benzene rings is 1. The molecular weight excluding hydrogens is 228 g/mol. The Kier molecular flexibility index (Phi) is 3.57. The summed E-state index contributed by atoms with van der Waals surface area (Å²) in [6.07, 6.45) is 3.31. The van der Waals surface area contributed by atoms with Crippen molar-refractivity contribution in [2.75, 3.05) is 5.73 Å². The van der Waals surface area contributed by atoms with Crippen molar-refractivity contribution in [2.24, 2.45) is 0 Å². The van der Waals surface area contributed by atoms with Crippen molar-refractivity contribution < 1.29 is 9.53 Å². The van der Waals surface area contributed by atoms with Crippen LogP contribution in [0.5, 0.6) is 0 Å². The molecule has 0 aliphatic rings. The lowest BCUT2D eigenvalue weighted by Crippen LogP contribution is -2.09. The lowest BCUT2D eigenvalue weighted by molar-refractivity contribution is 0.0474. The molecule has 0 atom stereocenters. The van der Waals surface area contributed by atoms with Crippen LogP contribution in [-0.4, -0.2) is 11.0 Å². The highest BCUT2D eigenvalue weighted by molar-refractivity contribution is 5.95. The molecule has 1 aromatic heterocycles. The summed E-state index contributed by atoms with van der Waals surface area (Å²) in [5.74, 6) is -0.409. The predicted octanol–water partition coefficient (Wildman–Crippen LogP) is 2.33. The first-order valence-corrected chi connectivity index (χ1v) is 5.59. The molecule has 92 valence electrons. The van der Waals surface area contributed by atoms with E-state index in [1.54, 1.807) is 36.7 Å². The monoisotopic (exact) mass is 242 g/mol. The molecule has 0 bridgehead atoms. The van der Waals surface area contributed by atoms with E-state index in [0.717, 1.165) is 11.1 Å². The number of carbonyl (C=O) groups is 1. The van der Waals surface area contributed by atoms with Crippen molar-refractivity contribution in [3.8, 4) is 0 Å². The van der Waals surface area contributed by atoms with Gasteiger partial charge in [-0.25, -0.2) is 4.79 Å². The zero-order valence-electron chi connectivity index (χ0n) is 10.1. The van der Waals surface area contributed by atoms with Gasteiger partial charge in [-0.2, -0.15) is 0 Å². The van der Waals surface area contributed by atoms with Gasteiger partial charge >= 0.3 is 5.97 Å². The minimum absolute atomic E-state index is 0.217. The van der Waals surface area contributed by atoms with Crippen molar-refractivity contribution in [2.45, 2.75) is 13.5 Å². The summed E-state index contributed by atoms with van der Waals surface area (Å²) in [5, 5.41) is 0. The number of rotatable bonds is 3. The van der Waals surface area contributed by atoms with Gasteiger partial charge in [0.15, 0.2) is 0 Å². The highest BCUT2D eigenvalue weighted by Gasteiger charge is 2.12. The van der Waals surface area contributed by atoms with Gasteiger partial charge in [0.05, 0.1) is 5.56 Å². The number of nitrogen functional groups attached to an aromatic ring is 1. The largest absolute Gasteiger partial charge is 0.457 e. The van der Waals surface area contributed by atoms with Crippen molar-refractivity contribution in [1.82, 2.24) is 4.98 Å². The van der Waals surface area contributed by atoms with E-state index in [4.69, 9.17) is 10.5 Å². The molecule has 0 fully saturated rings. The number of carbonyl (C=O) groups excluding carboxylic acids is 1. The molecule has 4 heteroatoms. The number of anilines is 1. The van der Waals surface area contributed by atoms with Gasteiger partial charge in [-0.15, -0.1) is 0 Å². The Bertz CT molecular complexity index is 553. The maximum atomic E-state index is 11.9. The smallest absolute Gasteiger partial charge is 0.340 e. The number of pyridine rings is 1. The van der Waals surface area contributed by atoms with Gasteiger partial charge in [-0.1, -0.05) is 12.1 Å². The Morgan fingerprint density at radius 2 is 2.00 bits per heavy atom. The van der Waals surface area contributed by atoms with Crippen LogP contribution in [0.3, 0.4) is 0 Å². The highest BCUT2D eigenvalue weighted by atomic mass is 16.5. The second-order valence-corrected chi connectivity index (χ2v) is 3.97. The average Bonchev–Trinajstić information content (AvgIpc) is 2.40. The summed E-state index contributed by atoms with van der Waals surface area (Å²) >= 11 is 0. The third-order valence-corrected chi connectivity index (χ3v) is 2.66. The first-order valence-electron chi connectivity index (χ1n) is 5.59. The van der Waals surface area contributed by atoms with Gasteiger partial charge in [0.1, 0.15) is 6.61 Å². The van der Waals surface area contributed by atoms with E-state index >= 15 is 0 Å². The Hall–Kier alpha value is -2.36. The number of hydrogen-bond acceptors (Lipinski definition) is 4. The van der Waals surface area contributed by atoms with Crippen molar-refractivity contribution in [3.63, 3.8) is 0 Å². The van der Waals surface area contributed by atoms with E-state index in [1.807, 2.05) is 13.0 Å². The van der Waals surface area contributed by atoms with Gasteiger partial charge in [-0.3, -0.25) is 4.98 Å². The first-order chi connectivity index (χ1) is 8.68. The van der Waals surface area contributed by atoms with E-state index in [-0.39, 0.29) is 6.61 Å². The normalized spacial score (nSPS) is 10.1. The lowest BCUT2D eigenvalue weighted by Gasteiger charge is -2.08. The van der Waals surface area contributed by atoms with Crippen molar-refractivity contribution in [3.05, 3.63) is 59.4 Å². The summed E-state index contributed by atoms with van der Waals surface area (Å²) in [6, 6.07) is 8.90. The Morgan fingerprint density at radius 1 is 1.28 bits per heavy atom. The quantitative estimate of drug-likeness (QED) is 0.662. The zero-order chi connectivity index (χ0) is 13.0. The first kappa shape index (κ1) is 12.1. The van der Waals surface area contributed by atoms with Crippen LogP contribution in [0.15, 0.2) is 42.7 Å². The molecule has 1 aromatic carbocycles. The molecule has 2 rings (SSSR count). The molecule has 2 aromatic rings. The van der Waals surface area contributed by atoms with Crippen LogP contribution in [-0.2, 0) is 11.3 Å². The van der Waals surface area contributed by atoms with E-state index in [1.165, 1.54) is 0 Å². The summed E-state index contributed by atoms with van der Waals surface area (Å²) in [7, 11) is 0. The number of aromatic nitrogens is 1. The Morgan fingerprint density at radius 3 is 2.72 bits per heavy atom.